The summed E-state index contributed by atoms with van der Waals surface area (Å²) in [5.74, 6) is -3.72. The second-order valence-electron chi connectivity index (χ2n) is 10.3. The number of methoxy groups -OCH3 is 2. The standard InChI is InChI=1S/C32H36Cl2N2O8/c1-41-31(39)23-18-36(19-27(37)38)26(30(32(40)42-2)28(23)29-24(33)8-5-9-25(29)34)11-10-21-6-3-4-7-22(21)20-44-17-14-35-12-15-43-16-13-35/h3-9,18,28H,10-17,19-20H2,1-2H3,(H,37,38). The van der Waals surface area contributed by atoms with Crippen LogP contribution in [0.4, 0.5) is 0 Å². The lowest BCUT2D eigenvalue weighted by Crippen LogP contribution is -2.38. The quantitative estimate of drug-likeness (QED) is 0.247. The van der Waals surface area contributed by atoms with E-state index in [1.165, 1.54) is 25.3 Å². The van der Waals surface area contributed by atoms with Gasteiger partial charge in [0.15, 0.2) is 0 Å². The summed E-state index contributed by atoms with van der Waals surface area (Å²) in [6.07, 6.45) is 2.08. The van der Waals surface area contributed by atoms with Crippen LogP contribution in [0.1, 0.15) is 29.0 Å². The van der Waals surface area contributed by atoms with Gasteiger partial charge in [-0.15, -0.1) is 0 Å². The van der Waals surface area contributed by atoms with Crippen LogP contribution in [0.2, 0.25) is 10.0 Å². The number of benzene rings is 2. The maximum Gasteiger partial charge on any atom is 0.336 e. The number of rotatable bonds is 13. The summed E-state index contributed by atoms with van der Waals surface area (Å²) >= 11 is 13.2. The van der Waals surface area contributed by atoms with Gasteiger partial charge in [-0.05, 0) is 36.1 Å². The molecule has 4 rings (SSSR count). The van der Waals surface area contributed by atoms with Crippen LogP contribution in [0.25, 0.3) is 0 Å². The van der Waals surface area contributed by atoms with Gasteiger partial charge < -0.3 is 29.0 Å². The van der Waals surface area contributed by atoms with Crippen molar-refractivity contribution in [3.05, 3.63) is 92.2 Å². The van der Waals surface area contributed by atoms with Gasteiger partial charge in [0.05, 0.1) is 57.7 Å². The molecule has 1 atom stereocenters. The van der Waals surface area contributed by atoms with E-state index in [1.54, 1.807) is 18.2 Å². The van der Waals surface area contributed by atoms with E-state index in [0.717, 1.165) is 44.0 Å². The maximum atomic E-state index is 13.5. The monoisotopic (exact) mass is 646 g/mol. The van der Waals surface area contributed by atoms with Gasteiger partial charge in [-0.3, -0.25) is 9.69 Å². The van der Waals surface area contributed by atoms with Crippen LogP contribution in [0.15, 0.2) is 65.5 Å². The number of aliphatic carboxylic acids is 1. The van der Waals surface area contributed by atoms with Crippen molar-refractivity contribution >= 4 is 41.1 Å². The molecule has 0 aromatic heterocycles. The van der Waals surface area contributed by atoms with Crippen LogP contribution >= 0.6 is 23.2 Å². The lowest BCUT2D eigenvalue weighted by atomic mass is 9.80. The van der Waals surface area contributed by atoms with Gasteiger partial charge in [-0.25, -0.2) is 9.59 Å². The highest BCUT2D eigenvalue weighted by atomic mass is 35.5. The van der Waals surface area contributed by atoms with Crippen molar-refractivity contribution in [2.24, 2.45) is 0 Å². The molecule has 1 unspecified atom stereocenters. The van der Waals surface area contributed by atoms with Crippen LogP contribution in [-0.4, -0.2) is 93.0 Å². The first-order chi connectivity index (χ1) is 21.2. The number of esters is 2. The van der Waals surface area contributed by atoms with Crippen molar-refractivity contribution in [1.29, 1.82) is 0 Å². The van der Waals surface area contributed by atoms with Crippen molar-refractivity contribution in [2.45, 2.75) is 25.4 Å². The summed E-state index contributed by atoms with van der Waals surface area (Å²) in [5.41, 5.74) is 2.70. The molecule has 0 amide bonds. The number of carbonyl (C=O) groups excluding carboxylic acids is 2. The highest BCUT2D eigenvalue weighted by Crippen LogP contribution is 2.46. The Bertz CT molecular complexity index is 1400. The Morgan fingerprint density at radius 3 is 2.23 bits per heavy atom. The molecule has 1 fully saturated rings. The average molecular weight is 648 g/mol. The van der Waals surface area contributed by atoms with Crippen molar-refractivity contribution in [3.63, 3.8) is 0 Å². The molecular weight excluding hydrogens is 611 g/mol. The molecule has 1 saturated heterocycles. The number of allylic oxidation sites excluding steroid dienone is 1. The molecule has 0 saturated carbocycles. The number of aryl methyl sites for hydroxylation is 1. The van der Waals surface area contributed by atoms with E-state index in [0.29, 0.717) is 30.9 Å². The van der Waals surface area contributed by atoms with Gasteiger partial charge in [0, 0.05) is 47.1 Å². The Balaban J connectivity index is 1.68. The average Bonchev–Trinajstić information content (AvgIpc) is 3.02. The minimum Gasteiger partial charge on any atom is -0.480 e. The smallest absolute Gasteiger partial charge is 0.336 e. The van der Waals surface area contributed by atoms with Gasteiger partial charge in [0.2, 0.25) is 0 Å². The minimum atomic E-state index is -1.16. The number of ether oxygens (including phenoxy) is 4. The molecule has 0 radical (unpaired) electrons. The first kappa shape index (κ1) is 33.5. The summed E-state index contributed by atoms with van der Waals surface area (Å²) in [6.45, 7) is 4.49. The fourth-order valence-electron chi connectivity index (χ4n) is 5.48. The highest BCUT2D eigenvalue weighted by molar-refractivity contribution is 6.36. The molecule has 2 aromatic rings. The summed E-state index contributed by atoms with van der Waals surface area (Å²) in [7, 11) is 2.42. The second kappa shape index (κ2) is 16.1. The van der Waals surface area contributed by atoms with Crippen LogP contribution in [-0.2, 0) is 46.4 Å². The van der Waals surface area contributed by atoms with E-state index in [-0.39, 0.29) is 27.6 Å². The normalized spacial score (nSPS) is 17.3. The Hall–Kier alpha value is -3.41. The van der Waals surface area contributed by atoms with Gasteiger partial charge in [0.1, 0.15) is 6.54 Å². The summed E-state index contributed by atoms with van der Waals surface area (Å²) in [6, 6.07) is 12.7. The third-order valence-electron chi connectivity index (χ3n) is 7.64. The highest BCUT2D eigenvalue weighted by Gasteiger charge is 2.41. The van der Waals surface area contributed by atoms with Crippen LogP contribution in [0.3, 0.4) is 0 Å². The minimum absolute atomic E-state index is 0.00182. The Kier molecular flexibility index (Phi) is 12.2. The van der Waals surface area contributed by atoms with Crippen molar-refractivity contribution in [1.82, 2.24) is 9.80 Å². The molecule has 44 heavy (non-hydrogen) atoms. The number of hydrogen-bond acceptors (Lipinski definition) is 9. The van der Waals surface area contributed by atoms with Crippen molar-refractivity contribution < 1.29 is 38.4 Å². The lowest BCUT2D eigenvalue weighted by molar-refractivity contribution is -0.140. The SMILES string of the molecule is COC(=O)C1=CN(CC(=O)O)C(CCc2ccccc2COCCN2CCOCC2)=C(C(=O)OC)C1c1c(Cl)cccc1Cl. The Morgan fingerprint density at radius 2 is 1.59 bits per heavy atom. The number of halogens is 2. The Labute approximate surface area is 266 Å². The van der Waals surface area contributed by atoms with E-state index in [4.69, 9.17) is 42.1 Å². The zero-order valence-corrected chi connectivity index (χ0v) is 26.2. The molecule has 12 heteroatoms. The van der Waals surface area contributed by atoms with Crippen LogP contribution in [0, 0.1) is 0 Å². The van der Waals surface area contributed by atoms with E-state index in [1.807, 2.05) is 24.3 Å². The maximum absolute atomic E-state index is 13.5. The van der Waals surface area contributed by atoms with E-state index >= 15 is 0 Å². The molecule has 2 aromatic carbocycles. The molecular formula is C32H36Cl2N2O8. The van der Waals surface area contributed by atoms with Gasteiger partial charge >= 0.3 is 17.9 Å². The predicted molar refractivity (Wildman–Crippen MR) is 164 cm³/mol. The summed E-state index contributed by atoms with van der Waals surface area (Å²) < 4.78 is 21.6. The molecule has 0 aliphatic carbocycles. The number of carboxylic acids is 1. The fraction of sp³-hybridized carbons (Fsp3) is 0.406. The number of hydrogen-bond donors (Lipinski definition) is 1. The van der Waals surface area contributed by atoms with Gasteiger partial charge in [-0.1, -0.05) is 53.5 Å². The summed E-state index contributed by atoms with van der Waals surface area (Å²) in [5, 5.41) is 10.2. The molecule has 10 nitrogen and oxygen atoms in total. The number of nitrogens with zero attached hydrogens (tertiary/aromatic N) is 2. The second-order valence-corrected chi connectivity index (χ2v) is 11.1. The molecule has 236 valence electrons. The zero-order chi connectivity index (χ0) is 31.6. The summed E-state index contributed by atoms with van der Waals surface area (Å²) in [4.78, 5) is 42.2. The van der Waals surface area contributed by atoms with Crippen molar-refractivity contribution in [2.75, 3.05) is 60.2 Å². The van der Waals surface area contributed by atoms with Crippen LogP contribution < -0.4 is 0 Å². The lowest BCUT2D eigenvalue weighted by Gasteiger charge is -2.35. The Morgan fingerprint density at radius 1 is 0.932 bits per heavy atom. The van der Waals surface area contributed by atoms with Gasteiger partial charge in [-0.2, -0.15) is 0 Å². The topological polar surface area (TPSA) is 115 Å². The van der Waals surface area contributed by atoms with Crippen molar-refractivity contribution in [3.8, 4) is 0 Å². The molecule has 0 bridgehead atoms. The fourth-order valence-corrected chi connectivity index (χ4v) is 6.09. The first-order valence-corrected chi connectivity index (χ1v) is 15.0. The first-order valence-electron chi connectivity index (χ1n) is 14.2. The molecule has 2 aliphatic rings. The number of morpholine rings is 1. The predicted octanol–water partition coefficient (Wildman–Crippen LogP) is 4.44. The third kappa shape index (κ3) is 8.19. The zero-order valence-electron chi connectivity index (χ0n) is 24.7. The van der Waals surface area contributed by atoms with Gasteiger partial charge in [0.25, 0.3) is 0 Å². The largest absolute Gasteiger partial charge is 0.480 e. The van der Waals surface area contributed by atoms with E-state index in [2.05, 4.69) is 4.90 Å². The molecule has 2 heterocycles. The van der Waals surface area contributed by atoms with E-state index < -0.39 is 30.4 Å². The molecule has 2 aliphatic heterocycles. The number of carboxylic acid groups (broad SMARTS) is 1. The van der Waals surface area contributed by atoms with Crippen LogP contribution in [0.5, 0.6) is 0 Å². The molecule has 1 N–H and O–H groups in total. The molecule has 0 spiro atoms. The van der Waals surface area contributed by atoms with E-state index in [9.17, 15) is 19.5 Å². The third-order valence-corrected chi connectivity index (χ3v) is 8.29. The number of carbonyl (C=O) groups is 3.